The first-order valence-electron chi connectivity index (χ1n) is 7.75. The molecule has 0 amide bonds. The maximum atomic E-state index is 6.06. The second kappa shape index (κ2) is 6.34. The second-order valence-corrected chi connectivity index (χ2v) is 7.03. The van der Waals surface area contributed by atoms with Gasteiger partial charge in [-0.05, 0) is 48.8 Å². The number of anilines is 1. The Bertz CT molecular complexity index is 458. The van der Waals surface area contributed by atoms with Gasteiger partial charge in [-0.3, -0.25) is 0 Å². The summed E-state index contributed by atoms with van der Waals surface area (Å²) in [6.45, 7) is 12.5. The normalized spacial score (nSPS) is 27.1. The van der Waals surface area contributed by atoms with Crippen LogP contribution in [0.4, 0.5) is 5.82 Å². The van der Waals surface area contributed by atoms with E-state index in [1.165, 1.54) is 12.0 Å². The summed E-state index contributed by atoms with van der Waals surface area (Å²) in [5.74, 6) is 3.54. The van der Waals surface area contributed by atoms with Gasteiger partial charge in [-0.25, -0.2) is 4.98 Å². The highest BCUT2D eigenvalue weighted by molar-refractivity contribution is 6.17. The molecule has 2 heterocycles. The number of nitrogens with zero attached hydrogens (tertiary/aromatic N) is 2. The molecule has 3 unspecified atom stereocenters. The van der Waals surface area contributed by atoms with E-state index in [9.17, 15) is 0 Å². The summed E-state index contributed by atoms with van der Waals surface area (Å²) in [6, 6.07) is 4.85. The fourth-order valence-electron chi connectivity index (χ4n) is 3.13. The van der Waals surface area contributed by atoms with Crippen molar-refractivity contribution in [2.45, 2.75) is 58.9 Å². The molecule has 1 saturated heterocycles. The number of hydrogen-bond acceptors (Lipinski definition) is 2. The molecule has 0 saturated carbocycles. The van der Waals surface area contributed by atoms with Gasteiger partial charge in [0.2, 0.25) is 0 Å². The van der Waals surface area contributed by atoms with Crippen LogP contribution in [0.25, 0.3) is 0 Å². The van der Waals surface area contributed by atoms with Gasteiger partial charge < -0.3 is 4.90 Å². The van der Waals surface area contributed by atoms with Crippen LogP contribution in [0.5, 0.6) is 0 Å². The molecule has 0 bridgehead atoms. The predicted octanol–water partition coefficient (Wildman–Crippen LogP) is 4.81. The summed E-state index contributed by atoms with van der Waals surface area (Å²) in [6.07, 6.45) is 1.31. The van der Waals surface area contributed by atoms with E-state index in [1.54, 1.807) is 0 Å². The Hall–Kier alpha value is -0.760. The van der Waals surface area contributed by atoms with Gasteiger partial charge in [0.05, 0.1) is 0 Å². The van der Waals surface area contributed by atoms with Gasteiger partial charge >= 0.3 is 0 Å². The van der Waals surface area contributed by atoms with E-state index >= 15 is 0 Å². The summed E-state index contributed by atoms with van der Waals surface area (Å²) >= 11 is 6.06. The minimum Gasteiger partial charge on any atom is -0.353 e. The SMILES string of the molecule is CC1CC(C)C(C)N(c2cc(CCl)cc(C(C)C)n2)C1. The second-order valence-electron chi connectivity index (χ2n) is 6.76. The fraction of sp³-hybridized carbons (Fsp3) is 0.706. The van der Waals surface area contributed by atoms with Crippen molar-refractivity contribution in [1.29, 1.82) is 0 Å². The molecule has 3 atom stereocenters. The summed E-state index contributed by atoms with van der Waals surface area (Å²) in [7, 11) is 0. The average Bonchev–Trinajstić information content (AvgIpc) is 2.42. The van der Waals surface area contributed by atoms with Crippen LogP contribution in [0.3, 0.4) is 0 Å². The molecule has 2 rings (SSSR count). The van der Waals surface area contributed by atoms with Crippen LogP contribution >= 0.6 is 11.6 Å². The van der Waals surface area contributed by atoms with Crippen molar-refractivity contribution in [1.82, 2.24) is 4.98 Å². The Kier molecular flexibility index (Phi) is 4.95. The van der Waals surface area contributed by atoms with E-state index in [4.69, 9.17) is 16.6 Å². The zero-order valence-corrected chi connectivity index (χ0v) is 14.1. The molecular weight excluding hydrogens is 268 g/mol. The van der Waals surface area contributed by atoms with E-state index in [1.807, 2.05) is 0 Å². The third-order valence-corrected chi connectivity index (χ3v) is 4.84. The Balaban J connectivity index is 2.37. The largest absolute Gasteiger partial charge is 0.353 e. The van der Waals surface area contributed by atoms with Crippen molar-refractivity contribution >= 4 is 17.4 Å². The van der Waals surface area contributed by atoms with Crippen molar-refractivity contribution in [2.24, 2.45) is 11.8 Å². The Morgan fingerprint density at radius 1 is 1.30 bits per heavy atom. The van der Waals surface area contributed by atoms with Crippen LogP contribution in [0.15, 0.2) is 12.1 Å². The van der Waals surface area contributed by atoms with Crippen LogP contribution in [0, 0.1) is 11.8 Å². The van der Waals surface area contributed by atoms with Crippen molar-refractivity contribution in [3.8, 4) is 0 Å². The summed E-state index contributed by atoms with van der Waals surface area (Å²) < 4.78 is 0. The first-order chi connectivity index (χ1) is 9.42. The fourth-order valence-corrected chi connectivity index (χ4v) is 3.29. The lowest BCUT2D eigenvalue weighted by atomic mass is 9.86. The predicted molar refractivity (Wildman–Crippen MR) is 87.6 cm³/mol. The van der Waals surface area contributed by atoms with Gasteiger partial charge in [0.1, 0.15) is 5.82 Å². The maximum absolute atomic E-state index is 6.06. The highest BCUT2D eigenvalue weighted by Gasteiger charge is 2.29. The van der Waals surface area contributed by atoms with E-state index in [0.717, 1.165) is 24.0 Å². The van der Waals surface area contributed by atoms with E-state index in [-0.39, 0.29) is 0 Å². The third-order valence-electron chi connectivity index (χ3n) is 4.53. The number of halogens is 1. The van der Waals surface area contributed by atoms with Gasteiger partial charge in [0.15, 0.2) is 0 Å². The number of aromatic nitrogens is 1. The Morgan fingerprint density at radius 3 is 2.60 bits per heavy atom. The lowest BCUT2D eigenvalue weighted by Gasteiger charge is -2.42. The number of pyridine rings is 1. The highest BCUT2D eigenvalue weighted by atomic mass is 35.5. The monoisotopic (exact) mass is 294 g/mol. The lowest BCUT2D eigenvalue weighted by Crippen LogP contribution is -2.46. The number of hydrogen-bond donors (Lipinski definition) is 0. The Morgan fingerprint density at radius 2 is 2.00 bits per heavy atom. The third kappa shape index (κ3) is 3.28. The van der Waals surface area contributed by atoms with E-state index in [0.29, 0.717) is 23.8 Å². The van der Waals surface area contributed by atoms with Crippen LogP contribution in [-0.4, -0.2) is 17.6 Å². The summed E-state index contributed by atoms with van der Waals surface area (Å²) in [5, 5.41) is 0. The zero-order chi connectivity index (χ0) is 14.9. The van der Waals surface area contributed by atoms with Gasteiger partial charge in [0.25, 0.3) is 0 Å². The molecule has 1 aliphatic rings. The van der Waals surface area contributed by atoms with Crippen LogP contribution < -0.4 is 4.90 Å². The molecule has 1 aromatic rings. The van der Waals surface area contributed by atoms with E-state index in [2.05, 4.69) is 51.7 Å². The van der Waals surface area contributed by atoms with Gasteiger partial charge in [-0.15, -0.1) is 11.6 Å². The molecule has 0 N–H and O–H groups in total. The Labute approximate surface area is 128 Å². The summed E-state index contributed by atoms with van der Waals surface area (Å²) in [4.78, 5) is 7.36. The molecular formula is C17H27ClN2. The molecule has 1 aliphatic heterocycles. The van der Waals surface area contributed by atoms with Crippen molar-refractivity contribution in [2.75, 3.05) is 11.4 Å². The molecule has 0 spiro atoms. The molecule has 112 valence electrons. The van der Waals surface area contributed by atoms with E-state index < -0.39 is 0 Å². The van der Waals surface area contributed by atoms with Gasteiger partial charge in [0, 0.05) is 24.2 Å². The quantitative estimate of drug-likeness (QED) is 0.743. The minimum atomic E-state index is 0.437. The van der Waals surface area contributed by atoms with Gasteiger partial charge in [-0.1, -0.05) is 27.7 Å². The van der Waals surface area contributed by atoms with Crippen LogP contribution in [0.2, 0.25) is 0 Å². The lowest BCUT2D eigenvalue weighted by molar-refractivity contribution is 0.295. The topological polar surface area (TPSA) is 16.1 Å². The van der Waals surface area contributed by atoms with Crippen LogP contribution in [-0.2, 0) is 5.88 Å². The van der Waals surface area contributed by atoms with Crippen molar-refractivity contribution in [3.05, 3.63) is 23.4 Å². The number of piperidine rings is 1. The molecule has 0 aromatic carbocycles. The molecule has 2 nitrogen and oxygen atoms in total. The average molecular weight is 295 g/mol. The molecule has 0 radical (unpaired) electrons. The standard InChI is InChI=1S/C17H27ClN2/c1-11(2)16-7-15(9-18)8-17(19-16)20-10-12(3)6-13(4)14(20)5/h7-8,11-14H,6,9-10H2,1-5H3. The first kappa shape index (κ1) is 15.6. The molecule has 20 heavy (non-hydrogen) atoms. The maximum Gasteiger partial charge on any atom is 0.129 e. The van der Waals surface area contributed by atoms with Crippen molar-refractivity contribution < 1.29 is 0 Å². The molecule has 1 fully saturated rings. The summed E-state index contributed by atoms with van der Waals surface area (Å²) in [5.41, 5.74) is 2.33. The zero-order valence-electron chi connectivity index (χ0n) is 13.4. The molecule has 0 aliphatic carbocycles. The first-order valence-corrected chi connectivity index (χ1v) is 8.29. The van der Waals surface area contributed by atoms with Crippen molar-refractivity contribution in [3.63, 3.8) is 0 Å². The highest BCUT2D eigenvalue weighted by Crippen LogP contribution is 2.31. The smallest absolute Gasteiger partial charge is 0.129 e. The minimum absolute atomic E-state index is 0.437. The van der Waals surface area contributed by atoms with Gasteiger partial charge in [-0.2, -0.15) is 0 Å². The van der Waals surface area contributed by atoms with Crippen LogP contribution in [0.1, 0.15) is 58.2 Å². The number of rotatable bonds is 3. The number of alkyl halides is 1. The molecule has 1 aromatic heterocycles. The molecule has 3 heteroatoms.